The van der Waals surface area contributed by atoms with Gasteiger partial charge in [0.05, 0.1) is 17.9 Å². The highest BCUT2D eigenvalue weighted by Gasteiger charge is 2.10. The number of anilines is 1. The molecule has 19 heavy (non-hydrogen) atoms. The van der Waals surface area contributed by atoms with E-state index in [0.717, 1.165) is 18.8 Å². The highest BCUT2D eigenvalue weighted by atomic mass is 79.9. The minimum Gasteiger partial charge on any atom is -0.381 e. The second-order valence-electron chi connectivity index (χ2n) is 5.22. The molecule has 0 radical (unpaired) electrons. The molecule has 0 aliphatic rings. The average molecular weight is 331 g/mol. The van der Waals surface area contributed by atoms with Crippen LogP contribution in [0.5, 0.6) is 0 Å². The predicted octanol–water partition coefficient (Wildman–Crippen LogP) is 2.34. The molecule has 108 valence electrons. The topological polar surface area (TPSA) is 50.2 Å². The first-order chi connectivity index (χ1) is 8.84. The first-order valence-electron chi connectivity index (χ1n) is 6.56. The molecule has 5 nitrogen and oxygen atoms in total. The van der Waals surface area contributed by atoms with Gasteiger partial charge in [0.2, 0.25) is 0 Å². The van der Waals surface area contributed by atoms with E-state index in [-0.39, 0.29) is 11.6 Å². The van der Waals surface area contributed by atoms with Crippen molar-refractivity contribution in [1.82, 2.24) is 14.7 Å². The highest BCUT2D eigenvalue weighted by Crippen LogP contribution is 2.16. The lowest BCUT2D eigenvalue weighted by Gasteiger charge is -2.21. The van der Waals surface area contributed by atoms with Crippen LogP contribution in [0.3, 0.4) is 0 Å². The van der Waals surface area contributed by atoms with E-state index in [0.29, 0.717) is 10.5 Å². The second-order valence-corrected chi connectivity index (χ2v) is 6.01. The van der Waals surface area contributed by atoms with Gasteiger partial charge in [-0.25, -0.2) is 4.68 Å². The van der Waals surface area contributed by atoms with Crippen molar-refractivity contribution in [2.45, 2.75) is 39.8 Å². The summed E-state index contributed by atoms with van der Waals surface area (Å²) in [5.74, 6) is 0. The van der Waals surface area contributed by atoms with Gasteiger partial charge in [-0.1, -0.05) is 0 Å². The summed E-state index contributed by atoms with van der Waals surface area (Å²) in [7, 11) is 2.08. The number of nitrogens with zero attached hydrogens (tertiary/aromatic N) is 3. The van der Waals surface area contributed by atoms with Crippen LogP contribution in [0.1, 0.15) is 33.7 Å². The predicted molar refractivity (Wildman–Crippen MR) is 82.8 cm³/mol. The van der Waals surface area contributed by atoms with Gasteiger partial charge in [0.15, 0.2) is 0 Å². The number of hydrogen-bond donors (Lipinski definition) is 1. The fourth-order valence-corrected chi connectivity index (χ4v) is 1.99. The molecule has 0 unspecified atom stereocenters. The molecule has 1 aromatic heterocycles. The van der Waals surface area contributed by atoms with Crippen LogP contribution >= 0.6 is 15.9 Å². The molecule has 1 rings (SSSR count). The first kappa shape index (κ1) is 16.2. The van der Waals surface area contributed by atoms with E-state index < -0.39 is 0 Å². The molecule has 0 aliphatic carbocycles. The third-order valence-corrected chi connectivity index (χ3v) is 3.86. The van der Waals surface area contributed by atoms with Gasteiger partial charge in [-0.15, -0.1) is 0 Å². The van der Waals surface area contributed by atoms with E-state index in [9.17, 15) is 4.79 Å². The minimum atomic E-state index is -0.0998. The van der Waals surface area contributed by atoms with Crippen molar-refractivity contribution in [3.8, 4) is 0 Å². The van der Waals surface area contributed by atoms with E-state index in [1.165, 1.54) is 4.68 Å². The van der Waals surface area contributed by atoms with Crippen molar-refractivity contribution in [2.24, 2.45) is 0 Å². The van der Waals surface area contributed by atoms with E-state index >= 15 is 0 Å². The zero-order valence-corrected chi connectivity index (χ0v) is 13.9. The van der Waals surface area contributed by atoms with Crippen molar-refractivity contribution in [2.75, 3.05) is 25.5 Å². The van der Waals surface area contributed by atoms with Crippen molar-refractivity contribution in [3.05, 3.63) is 21.0 Å². The van der Waals surface area contributed by atoms with Crippen LogP contribution in [0.15, 0.2) is 15.5 Å². The lowest BCUT2D eigenvalue weighted by Crippen LogP contribution is -2.32. The third kappa shape index (κ3) is 4.31. The summed E-state index contributed by atoms with van der Waals surface area (Å²) in [6, 6.07) is 0.572. The van der Waals surface area contributed by atoms with Crippen molar-refractivity contribution < 1.29 is 0 Å². The highest BCUT2D eigenvalue weighted by molar-refractivity contribution is 9.10. The summed E-state index contributed by atoms with van der Waals surface area (Å²) in [6.45, 7) is 9.87. The van der Waals surface area contributed by atoms with Gasteiger partial charge in [-0.2, -0.15) is 5.10 Å². The molecule has 1 N–H and O–H groups in total. The van der Waals surface area contributed by atoms with E-state index in [1.54, 1.807) is 6.20 Å². The fourth-order valence-electron chi connectivity index (χ4n) is 1.56. The van der Waals surface area contributed by atoms with Crippen molar-refractivity contribution in [3.63, 3.8) is 0 Å². The zero-order valence-electron chi connectivity index (χ0n) is 12.3. The monoisotopic (exact) mass is 330 g/mol. The smallest absolute Gasteiger partial charge is 0.283 e. The molecule has 0 aliphatic heterocycles. The number of halogens is 1. The molecule has 6 heteroatoms. The Morgan fingerprint density at radius 3 is 2.58 bits per heavy atom. The maximum Gasteiger partial charge on any atom is 0.283 e. The van der Waals surface area contributed by atoms with Crippen molar-refractivity contribution in [1.29, 1.82) is 0 Å². The quantitative estimate of drug-likeness (QED) is 0.869. The Morgan fingerprint density at radius 2 is 2.05 bits per heavy atom. The lowest BCUT2D eigenvalue weighted by atomic mass is 10.3. The molecule has 0 aromatic carbocycles. The molecule has 1 heterocycles. The van der Waals surface area contributed by atoms with Crippen LogP contribution in [-0.4, -0.2) is 40.9 Å². The first-order valence-corrected chi connectivity index (χ1v) is 7.35. The number of rotatable bonds is 6. The van der Waals surface area contributed by atoms with E-state index in [2.05, 4.69) is 52.1 Å². The van der Waals surface area contributed by atoms with Crippen molar-refractivity contribution >= 4 is 21.6 Å². The molecule has 0 saturated heterocycles. The standard InChI is InChI=1S/C13H23BrN4O/c1-9(2)17(5)7-6-15-11-8-16-18(10(3)4)13(19)12(11)14/h8-10,15H,6-7H2,1-5H3. The minimum absolute atomic E-state index is 0.0601. The Labute approximate surface area is 123 Å². The van der Waals surface area contributed by atoms with E-state index in [4.69, 9.17) is 0 Å². The van der Waals surface area contributed by atoms with Gasteiger partial charge in [0.1, 0.15) is 4.47 Å². The molecule has 0 atom stereocenters. The second kappa shape index (κ2) is 7.05. The Kier molecular flexibility index (Phi) is 6.00. The lowest BCUT2D eigenvalue weighted by molar-refractivity contribution is 0.284. The summed E-state index contributed by atoms with van der Waals surface area (Å²) in [5.41, 5.74) is 0.649. The summed E-state index contributed by atoms with van der Waals surface area (Å²) < 4.78 is 2.01. The zero-order chi connectivity index (χ0) is 14.6. The number of likely N-dealkylation sites (N-methyl/N-ethyl adjacent to an activating group) is 1. The van der Waals surface area contributed by atoms with Crippen LogP contribution in [0.2, 0.25) is 0 Å². The summed E-state index contributed by atoms with van der Waals surface area (Å²) in [4.78, 5) is 14.3. The fraction of sp³-hybridized carbons (Fsp3) is 0.692. The average Bonchev–Trinajstić information content (AvgIpc) is 2.33. The molecule has 0 bridgehead atoms. The maximum atomic E-state index is 12.0. The summed E-state index contributed by atoms with van der Waals surface area (Å²) >= 11 is 3.35. The number of aromatic nitrogens is 2. The van der Waals surface area contributed by atoms with Gasteiger partial charge in [-0.3, -0.25) is 4.79 Å². The molecule has 0 fully saturated rings. The molecule has 1 aromatic rings. The largest absolute Gasteiger partial charge is 0.381 e. The summed E-state index contributed by atoms with van der Waals surface area (Å²) in [6.07, 6.45) is 1.70. The van der Waals surface area contributed by atoms with Gasteiger partial charge < -0.3 is 10.2 Å². The Morgan fingerprint density at radius 1 is 1.42 bits per heavy atom. The summed E-state index contributed by atoms with van der Waals surface area (Å²) in [5, 5.41) is 7.41. The maximum absolute atomic E-state index is 12.0. The SMILES string of the molecule is CC(C)N(C)CCNc1cnn(C(C)C)c(=O)c1Br. The third-order valence-electron chi connectivity index (χ3n) is 3.09. The molecular formula is C13H23BrN4O. The van der Waals surface area contributed by atoms with E-state index in [1.807, 2.05) is 13.8 Å². The molecule has 0 amide bonds. The normalized spacial score (nSPS) is 11.6. The Hall–Kier alpha value is -0.880. The number of hydrogen-bond acceptors (Lipinski definition) is 4. The molecule has 0 saturated carbocycles. The van der Waals surface area contributed by atoms with Crippen LogP contribution in [0.4, 0.5) is 5.69 Å². The Bertz CT molecular complexity index is 470. The molecule has 0 spiro atoms. The molecular weight excluding hydrogens is 308 g/mol. The van der Waals surface area contributed by atoms with Crippen LogP contribution < -0.4 is 10.9 Å². The van der Waals surface area contributed by atoms with Gasteiger partial charge in [-0.05, 0) is 50.7 Å². The van der Waals surface area contributed by atoms with Crippen LogP contribution in [-0.2, 0) is 0 Å². The van der Waals surface area contributed by atoms with Gasteiger partial charge >= 0.3 is 0 Å². The van der Waals surface area contributed by atoms with Gasteiger partial charge in [0.25, 0.3) is 5.56 Å². The Balaban J connectivity index is 2.71. The van der Waals surface area contributed by atoms with Crippen LogP contribution in [0, 0.1) is 0 Å². The van der Waals surface area contributed by atoms with Crippen LogP contribution in [0.25, 0.3) is 0 Å². The number of nitrogens with one attached hydrogen (secondary N) is 1. The van der Waals surface area contributed by atoms with Gasteiger partial charge in [0, 0.05) is 19.1 Å².